The number of nitrogens with one attached hydrogen (secondary N) is 1. The predicted octanol–water partition coefficient (Wildman–Crippen LogP) is 0.177. The van der Waals surface area contributed by atoms with E-state index in [1.54, 1.807) is 0 Å². The number of hydrogen-bond acceptors (Lipinski definition) is 3. The minimum Gasteiger partial charge on any atom is -0.466 e. The summed E-state index contributed by atoms with van der Waals surface area (Å²) in [5.41, 5.74) is 0. The minimum absolute atomic E-state index is 0.0448. The van der Waals surface area contributed by atoms with Gasteiger partial charge in [0.2, 0.25) is 6.41 Å². The summed E-state index contributed by atoms with van der Waals surface area (Å²) in [6, 6.07) is 0. The molecule has 6 heteroatoms. The molecule has 0 aromatic heterocycles. The summed E-state index contributed by atoms with van der Waals surface area (Å²) in [5.74, 6) is -2.57. The molecule has 1 amide bonds. The molecule has 0 aromatic rings. The molecule has 0 bridgehead atoms. The van der Waals surface area contributed by atoms with E-state index in [1.807, 2.05) is 5.32 Å². The topological polar surface area (TPSA) is 55.4 Å². The zero-order chi connectivity index (χ0) is 10.3. The van der Waals surface area contributed by atoms with Crippen LogP contribution in [0.3, 0.4) is 0 Å². The number of halogens is 2. The SMILES string of the molecule is CCOC(=O)C(CNC=O)C(F)F. The lowest BCUT2D eigenvalue weighted by atomic mass is 10.1. The van der Waals surface area contributed by atoms with E-state index < -0.39 is 24.9 Å². The van der Waals surface area contributed by atoms with Crippen molar-refractivity contribution in [2.75, 3.05) is 13.2 Å². The van der Waals surface area contributed by atoms with Gasteiger partial charge in [0.15, 0.2) is 0 Å². The molecule has 0 saturated heterocycles. The minimum atomic E-state index is -2.83. The van der Waals surface area contributed by atoms with Crippen molar-refractivity contribution in [3.8, 4) is 0 Å². The second kappa shape index (κ2) is 6.33. The van der Waals surface area contributed by atoms with Crippen LogP contribution in [0.25, 0.3) is 0 Å². The molecule has 0 heterocycles. The smallest absolute Gasteiger partial charge is 0.316 e. The van der Waals surface area contributed by atoms with Crippen LogP contribution in [0.4, 0.5) is 8.78 Å². The molecule has 0 aromatic carbocycles. The Morgan fingerprint density at radius 2 is 2.23 bits per heavy atom. The second-order valence-electron chi connectivity index (χ2n) is 2.22. The molecule has 13 heavy (non-hydrogen) atoms. The van der Waals surface area contributed by atoms with E-state index in [-0.39, 0.29) is 13.0 Å². The van der Waals surface area contributed by atoms with Crippen molar-refractivity contribution in [1.29, 1.82) is 0 Å². The Hall–Kier alpha value is -1.20. The number of ether oxygens (including phenoxy) is 1. The van der Waals surface area contributed by atoms with Gasteiger partial charge in [-0.3, -0.25) is 9.59 Å². The molecule has 4 nitrogen and oxygen atoms in total. The van der Waals surface area contributed by atoms with Crippen LogP contribution in [-0.2, 0) is 14.3 Å². The summed E-state index contributed by atoms with van der Waals surface area (Å²) >= 11 is 0. The highest BCUT2D eigenvalue weighted by Gasteiger charge is 2.29. The Balaban J connectivity index is 4.06. The van der Waals surface area contributed by atoms with Crippen molar-refractivity contribution in [2.45, 2.75) is 13.3 Å². The summed E-state index contributed by atoms with van der Waals surface area (Å²) in [7, 11) is 0. The van der Waals surface area contributed by atoms with E-state index in [1.165, 1.54) is 6.92 Å². The fraction of sp³-hybridized carbons (Fsp3) is 0.714. The van der Waals surface area contributed by atoms with E-state index >= 15 is 0 Å². The standard InChI is InChI=1S/C7H11F2NO3/c1-2-13-7(12)5(6(8)9)3-10-4-11/h4-6H,2-3H2,1H3,(H,10,11). The van der Waals surface area contributed by atoms with Gasteiger partial charge in [-0.25, -0.2) is 8.78 Å². The van der Waals surface area contributed by atoms with Crippen LogP contribution in [0.1, 0.15) is 6.92 Å². The van der Waals surface area contributed by atoms with Gasteiger partial charge in [-0.15, -0.1) is 0 Å². The zero-order valence-corrected chi connectivity index (χ0v) is 7.13. The van der Waals surface area contributed by atoms with Crippen LogP contribution in [0.2, 0.25) is 0 Å². The summed E-state index contributed by atoms with van der Waals surface area (Å²) < 4.78 is 28.7. The highest BCUT2D eigenvalue weighted by Crippen LogP contribution is 2.10. The van der Waals surface area contributed by atoms with Crippen molar-refractivity contribution < 1.29 is 23.1 Å². The molecule has 1 atom stereocenters. The Labute approximate surface area is 74.2 Å². The number of carbonyl (C=O) groups excluding carboxylic acids is 2. The third-order valence-corrected chi connectivity index (χ3v) is 1.31. The summed E-state index contributed by atoms with van der Waals surface area (Å²) in [6.07, 6.45) is -2.57. The number of hydrogen-bond donors (Lipinski definition) is 1. The van der Waals surface area contributed by atoms with Crippen molar-refractivity contribution >= 4 is 12.4 Å². The molecule has 0 aliphatic carbocycles. The molecular weight excluding hydrogens is 184 g/mol. The van der Waals surface area contributed by atoms with Gasteiger partial charge >= 0.3 is 5.97 Å². The molecular formula is C7H11F2NO3. The van der Waals surface area contributed by atoms with Gasteiger partial charge in [0.1, 0.15) is 5.92 Å². The lowest BCUT2D eigenvalue weighted by Crippen LogP contribution is -2.34. The van der Waals surface area contributed by atoms with Gasteiger partial charge in [-0.1, -0.05) is 0 Å². The Kier molecular flexibility index (Phi) is 5.75. The fourth-order valence-electron chi connectivity index (χ4n) is 0.700. The number of carbonyl (C=O) groups is 2. The molecule has 76 valence electrons. The zero-order valence-electron chi connectivity index (χ0n) is 7.13. The maximum absolute atomic E-state index is 12.1. The van der Waals surface area contributed by atoms with Gasteiger partial charge in [0.25, 0.3) is 6.43 Å². The fourth-order valence-corrected chi connectivity index (χ4v) is 0.700. The van der Waals surface area contributed by atoms with Gasteiger partial charge in [0.05, 0.1) is 6.61 Å². The van der Waals surface area contributed by atoms with Crippen LogP contribution in [0.15, 0.2) is 0 Å². The Bertz CT molecular complexity index is 175. The molecule has 0 fully saturated rings. The maximum Gasteiger partial charge on any atom is 0.316 e. The average Bonchev–Trinajstić information content (AvgIpc) is 2.05. The molecule has 0 saturated carbocycles. The Morgan fingerprint density at radius 1 is 1.62 bits per heavy atom. The number of rotatable bonds is 6. The van der Waals surface area contributed by atoms with Gasteiger partial charge in [-0.2, -0.15) is 0 Å². The first kappa shape index (κ1) is 11.8. The van der Waals surface area contributed by atoms with Gasteiger partial charge in [0, 0.05) is 6.54 Å². The predicted molar refractivity (Wildman–Crippen MR) is 40.2 cm³/mol. The van der Waals surface area contributed by atoms with Crippen molar-refractivity contribution in [3.63, 3.8) is 0 Å². The van der Waals surface area contributed by atoms with Crippen LogP contribution in [-0.4, -0.2) is 32.0 Å². The molecule has 0 aliphatic heterocycles. The molecule has 0 radical (unpaired) electrons. The monoisotopic (exact) mass is 195 g/mol. The van der Waals surface area contributed by atoms with Crippen molar-refractivity contribution in [2.24, 2.45) is 5.92 Å². The first-order chi connectivity index (χ1) is 6.13. The van der Waals surface area contributed by atoms with Gasteiger partial charge < -0.3 is 10.1 Å². The highest BCUT2D eigenvalue weighted by atomic mass is 19.3. The van der Waals surface area contributed by atoms with E-state index in [9.17, 15) is 18.4 Å². The second-order valence-corrected chi connectivity index (χ2v) is 2.22. The maximum atomic E-state index is 12.1. The van der Waals surface area contributed by atoms with Crippen LogP contribution < -0.4 is 5.32 Å². The van der Waals surface area contributed by atoms with E-state index in [4.69, 9.17) is 0 Å². The third kappa shape index (κ3) is 4.39. The summed E-state index contributed by atoms with van der Waals surface area (Å²) in [6.45, 7) is 1.16. The largest absolute Gasteiger partial charge is 0.466 e. The van der Waals surface area contributed by atoms with Crippen LogP contribution in [0, 0.1) is 5.92 Å². The first-order valence-corrected chi connectivity index (χ1v) is 3.75. The van der Waals surface area contributed by atoms with Crippen molar-refractivity contribution in [3.05, 3.63) is 0 Å². The third-order valence-electron chi connectivity index (χ3n) is 1.31. The number of esters is 1. The quantitative estimate of drug-likeness (QED) is 0.485. The van der Waals surface area contributed by atoms with Crippen molar-refractivity contribution in [1.82, 2.24) is 5.32 Å². The number of amides is 1. The van der Waals surface area contributed by atoms with Crippen LogP contribution in [0.5, 0.6) is 0 Å². The molecule has 0 rings (SSSR count). The van der Waals surface area contributed by atoms with E-state index in [0.717, 1.165) is 0 Å². The van der Waals surface area contributed by atoms with Crippen LogP contribution >= 0.6 is 0 Å². The highest BCUT2D eigenvalue weighted by molar-refractivity contribution is 5.73. The first-order valence-electron chi connectivity index (χ1n) is 3.75. The molecule has 0 aliphatic rings. The lowest BCUT2D eigenvalue weighted by Gasteiger charge is -2.13. The summed E-state index contributed by atoms with van der Waals surface area (Å²) in [5, 5.41) is 2.01. The molecule has 1 unspecified atom stereocenters. The summed E-state index contributed by atoms with van der Waals surface area (Å²) in [4.78, 5) is 20.6. The van der Waals surface area contributed by atoms with E-state index in [0.29, 0.717) is 0 Å². The Morgan fingerprint density at radius 3 is 2.62 bits per heavy atom. The molecule has 0 spiro atoms. The number of alkyl halides is 2. The lowest BCUT2D eigenvalue weighted by molar-refractivity contribution is -0.153. The van der Waals surface area contributed by atoms with E-state index in [2.05, 4.69) is 4.74 Å². The normalized spacial score (nSPS) is 12.3. The average molecular weight is 195 g/mol. The molecule has 1 N–H and O–H groups in total. The van der Waals surface area contributed by atoms with Gasteiger partial charge in [-0.05, 0) is 6.92 Å².